The first-order chi connectivity index (χ1) is 8.83. The highest BCUT2D eigenvalue weighted by Crippen LogP contribution is 2.20. The molecule has 0 aromatic heterocycles. The van der Waals surface area contributed by atoms with Gasteiger partial charge in [0.05, 0.1) is 13.1 Å². The van der Waals surface area contributed by atoms with E-state index >= 15 is 0 Å². The Bertz CT molecular complexity index is 499. The van der Waals surface area contributed by atoms with Crippen LogP contribution in [0.5, 0.6) is 0 Å². The summed E-state index contributed by atoms with van der Waals surface area (Å²) in [5.41, 5.74) is 2.05. The predicted octanol–water partition coefficient (Wildman–Crippen LogP) is 1.19. The number of hydrogen-bond donors (Lipinski definition) is 1. The van der Waals surface area contributed by atoms with Gasteiger partial charge in [0, 0.05) is 18.7 Å². The zero-order valence-corrected chi connectivity index (χ0v) is 10.1. The fourth-order valence-electron chi connectivity index (χ4n) is 2.22. The van der Waals surface area contributed by atoms with Crippen molar-refractivity contribution in [3.8, 4) is 0 Å². The topological polar surface area (TPSA) is 53.9 Å². The number of nitrogens with zero attached hydrogens (tertiary/aromatic N) is 2. The molecule has 5 nitrogen and oxygen atoms in total. The maximum atomic E-state index is 11.5. The van der Waals surface area contributed by atoms with Crippen LogP contribution < -0.4 is 10.2 Å². The Morgan fingerprint density at radius 1 is 1.44 bits per heavy atom. The van der Waals surface area contributed by atoms with Gasteiger partial charge in [-0.05, 0) is 17.7 Å². The summed E-state index contributed by atoms with van der Waals surface area (Å²) in [6.07, 6.45) is 0.528. The number of ether oxygens (including phenoxy) is 1. The molecule has 2 aliphatic heterocycles. The van der Waals surface area contributed by atoms with Gasteiger partial charge in [0.2, 0.25) is 0 Å². The molecule has 0 saturated carbocycles. The van der Waals surface area contributed by atoms with E-state index in [0.717, 1.165) is 36.6 Å². The van der Waals surface area contributed by atoms with E-state index < -0.39 is 0 Å². The van der Waals surface area contributed by atoms with Crippen molar-refractivity contribution in [2.24, 2.45) is 4.99 Å². The second-order valence-corrected chi connectivity index (χ2v) is 4.37. The summed E-state index contributed by atoms with van der Waals surface area (Å²) in [7, 11) is 0. The Morgan fingerprint density at radius 3 is 3.11 bits per heavy atom. The third-order valence-corrected chi connectivity index (χ3v) is 3.10. The highest BCUT2D eigenvalue weighted by molar-refractivity contribution is 5.90. The quantitative estimate of drug-likeness (QED) is 0.870. The van der Waals surface area contributed by atoms with Gasteiger partial charge in [-0.25, -0.2) is 4.79 Å². The van der Waals surface area contributed by atoms with E-state index in [1.165, 1.54) is 0 Å². The van der Waals surface area contributed by atoms with Gasteiger partial charge in [-0.2, -0.15) is 0 Å². The molecule has 2 heterocycles. The van der Waals surface area contributed by atoms with E-state index in [1.807, 2.05) is 24.3 Å². The molecule has 94 valence electrons. The van der Waals surface area contributed by atoms with Crippen LogP contribution in [0.3, 0.4) is 0 Å². The van der Waals surface area contributed by atoms with Crippen molar-refractivity contribution in [3.63, 3.8) is 0 Å². The third-order valence-electron chi connectivity index (χ3n) is 3.10. The monoisotopic (exact) mass is 245 g/mol. The molecule has 5 heteroatoms. The number of carbonyl (C=O) groups is 1. The van der Waals surface area contributed by atoms with Gasteiger partial charge >= 0.3 is 6.09 Å². The van der Waals surface area contributed by atoms with E-state index in [-0.39, 0.29) is 6.09 Å². The minimum Gasteiger partial charge on any atom is -0.447 e. The second-order valence-electron chi connectivity index (χ2n) is 4.37. The summed E-state index contributed by atoms with van der Waals surface area (Å²) in [5.74, 6) is 1.02. The van der Waals surface area contributed by atoms with Crippen molar-refractivity contribution < 1.29 is 9.53 Å². The number of nitrogens with one attached hydrogen (secondary N) is 1. The first-order valence-corrected chi connectivity index (χ1v) is 6.13. The van der Waals surface area contributed by atoms with Crippen molar-refractivity contribution >= 4 is 17.6 Å². The Labute approximate surface area is 105 Å². The highest BCUT2D eigenvalue weighted by Gasteiger charge is 2.23. The number of benzene rings is 1. The second kappa shape index (κ2) is 4.68. The lowest BCUT2D eigenvalue weighted by Gasteiger charge is -2.13. The molecule has 0 aliphatic carbocycles. The molecular weight excluding hydrogens is 230 g/mol. The molecule has 3 rings (SSSR count). The fourth-order valence-corrected chi connectivity index (χ4v) is 2.22. The van der Waals surface area contributed by atoms with Crippen LogP contribution >= 0.6 is 0 Å². The Hall–Kier alpha value is -2.04. The molecule has 1 aromatic carbocycles. The first kappa shape index (κ1) is 11.1. The standard InChI is InChI=1S/C13H15N3O2/c17-13-16(6-7-18-13)11-3-1-2-10(8-11)9-12-14-4-5-15-12/h1-3,8H,4-7,9H2,(H,14,15). The molecule has 0 atom stereocenters. The number of cyclic esters (lactones) is 1. The summed E-state index contributed by atoms with van der Waals surface area (Å²) in [6, 6.07) is 7.97. The molecule has 0 unspecified atom stereocenters. The number of carbonyl (C=O) groups excluding carboxylic acids is 1. The maximum Gasteiger partial charge on any atom is 0.414 e. The first-order valence-electron chi connectivity index (χ1n) is 6.13. The molecule has 0 bridgehead atoms. The van der Waals surface area contributed by atoms with Crippen LogP contribution in [-0.4, -0.2) is 38.2 Å². The maximum absolute atomic E-state index is 11.5. The zero-order chi connectivity index (χ0) is 12.4. The fraction of sp³-hybridized carbons (Fsp3) is 0.385. The van der Waals surface area contributed by atoms with Crippen LogP contribution in [-0.2, 0) is 11.2 Å². The SMILES string of the molecule is O=C1OCCN1c1cccc(CC2=NCCN2)c1. The van der Waals surface area contributed by atoms with Crippen LogP contribution in [0, 0.1) is 0 Å². The molecule has 1 saturated heterocycles. The smallest absolute Gasteiger partial charge is 0.414 e. The average molecular weight is 245 g/mol. The van der Waals surface area contributed by atoms with Gasteiger partial charge in [-0.15, -0.1) is 0 Å². The minimum atomic E-state index is -0.261. The van der Waals surface area contributed by atoms with Gasteiger partial charge in [0.15, 0.2) is 0 Å². The largest absolute Gasteiger partial charge is 0.447 e. The summed E-state index contributed by atoms with van der Waals surface area (Å²) in [5, 5.41) is 3.25. The van der Waals surface area contributed by atoms with Crippen LogP contribution in [0.2, 0.25) is 0 Å². The molecule has 1 amide bonds. The predicted molar refractivity (Wildman–Crippen MR) is 69.1 cm³/mol. The van der Waals surface area contributed by atoms with E-state index in [9.17, 15) is 4.79 Å². The van der Waals surface area contributed by atoms with Crippen molar-refractivity contribution in [2.45, 2.75) is 6.42 Å². The third kappa shape index (κ3) is 2.16. The number of rotatable bonds is 3. The van der Waals surface area contributed by atoms with E-state index in [2.05, 4.69) is 10.3 Å². The molecule has 1 fully saturated rings. The van der Waals surface area contributed by atoms with E-state index in [4.69, 9.17) is 4.74 Å². The Kier molecular flexibility index (Phi) is 2.88. The van der Waals surface area contributed by atoms with Crippen LogP contribution in [0.1, 0.15) is 5.56 Å². The summed E-state index contributed by atoms with van der Waals surface area (Å²) in [4.78, 5) is 17.5. The molecule has 0 spiro atoms. The van der Waals surface area contributed by atoms with Crippen LogP contribution in [0.25, 0.3) is 0 Å². The van der Waals surface area contributed by atoms with Crippen molar-refractivity contribution in [1.29, 1.82) is 0 Å². The van der Waals surface area contributed by atoms with Gasteiger partial charge in [0.1, 0.15) is 12.4 Å². The summed E-state index contributed by atoms with van der Waals surface area (Å²) in [6.45, 7) is 2.87. The summed E-state index contributed by atoms with van der Waals surface area (Å²) >= 11 is 0. The van der Waals surface area contributed by atoms with Gasteiger partial charge in [0.25, 0.3) is 0 Å². The average Bonchev–Trinajstić information content (AvgIpc) is 3.01. The number of hydrogen-bond acceptors (Lipinski definition) is 4. The van der Waals surface area contributed by atoms with Crippen molar-refractivity contribution in [1.82, 2.24) is 5.32 Å². The van der Waals surface area contributed by atoms with Crippen molar-refractivity contribution in [3.05, 3.63) is 29.8 Å². The summed E-state index contributed by atoms with van der Waals surface area (Å²) < 4.78 is 4.94. The normalized spacial score (nSPS) is 18.6. The molecule has 18 heavy (non-hydrogen) atoms. The van der Waals surface area contributed by atoms with Crippen molar-refractivity contribution in [2.75, 3.05) is 31.1 Å². The molecule has 1 aromatic rings. The lowest BCUT2D eigenvalue weighted by atomic mass is 10.1. The van der Waals surface area contributed by atoms with E-state index in [1.54, 1.807) is 4.90 Å². The molecule has 2 aliphatic rings. The number of anilines is 1. The number of amides is 1. The lowest BCUT2D eigenvalue weighted by Crippen LogP contribution is -2.24. The zero-order valence-electron chi connectivity index (χ0n) is 10.1. The Morgan fingerprint density at radius 2 is 2.39 bits per heavy atom. The number of aliphatic imine (C=N–C) groups is 1. The molecular formula is C13H15N3O2. The molecule has 1 N–H and O–H groups in total. The van der Waals surface area contributed by atoms with Gasteiger partial charge in [-0.1, -0.05) is 12.1 Å². The minimum absolute atomic E-state index is 0.261. The lowest BCUT2D eigenvalue weighted by molar-refractivity contribution is 0.181. The number of amidine groups is 1. The Balaban J connectivity index is 1.78. The van der Waals surface area contributed by atoms with Crippen LogP contribution in [0.4, 0.5) is 10.5 Å². The van der Waals surface area contributed by atoms with Gasteiger partial charge < -0.3 is 10.1 Å². The molecule has 0 radical (unpaired) electrons. The van der Waals surface area contributed by atoms with Crippen LogP contribution in [0.15, 0.2) is 29.3 Å². The highest BCUT2D eigenvalue weighted by atomic mass is 16.6. The van der Waals surface area contributed by atoms with Gasteiger partial charge in [-0.3, -0.25) is 9.89 Å². The van der Waals surface area contributed by atoms with E-state index in [0.29, 0.717) is 13.2 Å².